The van der Waals surface area contributed by atoms with Crippen LogP contribution in [0.25, 0.3) is 0 Å². The number of nitrogens with one attached hydrogen (secondary N) is 3. The van der Waals surface area contributed by atoms with E-state index in [4.69, 9.17) is 16.3 Å². The van der Waals surface area contributed by atoms with Gasteiger partial charge in [0.05, 0.1) is 17.8 Å². The van der Waals surface area contributed by atoms with Crippen molar-refractivity contribution in [3.63, 3.8) is 0 Å². The molecule has 0 aliphatic rings. The first kappa shape index (κ1) is 15.9. The zero-order chi connectivity index (χ0) is 16.1. The minimum Gasteiger partial charge on any atom is -0.495 e. The Morgan fingerprint density at radius 3 is 2.55 bits per heavy atom. The molecule has 2 aromatic rings. The highest BCUT2D eigenvalue weighted by molar-refractivity contribution is 6.32. The summed E-state index contributed by atoms with van der Waals surface area (Å²) in [4.78, 5) is 12.3. The molecule has 1 amide bonds. The van der Waals surface area contributed by atoms with E-state index >= 15 is 0 Å². The lowest BCUT2D eigenvalue weighted by Gasteiger charge is -2.11. The van der Waals surface area contributed by atoms with Crippen molar-refractivity contribution in [1.82, 2.24) is 0 Å². The molecular formula is C15H18ClN4O2+. The van der Waals surface area contributed by atoms with Gasteiger partial charge >= 0.3 is 0 Å². The summed E-state index contributed by atoms with van der Waals surface area (Å²) >= 11 is 6.04. The fourth-order valence-electron chi connectivity index (χ4n) is 1.99. The summed E-state index contributed by atoms with van der Waals surface area (Å²) in [6.07, 6.45) is 0. The van der Waals surface area contributed by atoms with Crippen molar-refractivity contribution in [3.05, 3.63) is 47.0 Å². The number of hydrogen-bond donors (Lipinski definition) is 4. The van der Waals surface area contributed by atoms with Crippen LogP contribution in [-0.2, 0) is 0 Å². The second-order valence-corrected chi connectivity index (χ2v) is 4.90. The standard InChI is InChI=1S/C15H17ClN4O2/c1-18-13-7-9(3-5-12(13)20-17)15(21)19-10-4-6-14(22-2)11(16)8-10/h3-8,18,20H,17H2,1-2H3,(H,19,21)/p+1. The van der Waals surface area contributed by atoms with Crippen LogP contribution < -0.4 is 26.6 Å². The van der Waals surface area contributed by atoms with Crippen LogP contribution in [-0.4, -0.2) is 20.1 Å². The molecule has 116 valence electrons. The van der Waals surface area contributed by atoms with Gasteiger partial charge in [-0.05, 0) is 36.4 Å². The number of quaternary nitrogens is 1. The van der Waals surface area contributed by atoms with Crippen molar-refractivity contribution in [1.29, 1.82) is 0 Å². The van der Waals surface area contributed by atoms with Crippen molar-refractivity contribution in [2.24, 2.45) is 0 Å². The van der Waals surface area contributed by atoms with Crippen molar-refractivity contribution in [2.45, 2.75) is 0 Å². The molecule has 0 saturated carbocycles. The Hall–Kier alpha value is -2.44. The predicted molar refractivity (Wildman–Crippen MR) is 88.5 cm³/mol. The maximum absolute atomic E-state index is 12.3. The average Bonchev–Trinajstić information content (AvgIpc) is 2.54. The fraction of sp³-hybridized carbons (Fsp3) is 0.133. The number of hydrogen-bond acceptors (Lipinski definition) is 4. The maximum atomic E-state index is 12.3. The SMILES string of the molecule is CNc1cc(C(=O)Nc2ccc(OC)c(Cl)c2)ccc1N[NH3+]. The topological polar surface area (TPSA) is 90.0 Å². The molecule has 0 bridgehead atoms. The van der Waals surface area contributed by atoms with E-state index in [1.807, 2.05) is 0 Å². The molecule has 2 aromatic carbocycles. The molecule has 0 aromatic heterocycles. The van der Waals surface area contributed by atoms with Crippen molar-refractivity contribution in [3.8, 4) is 5.75 Å². The van der Waals surface area contributed by atoms with E-state index in [0.29, 0.717) is 22.0 Å². The largest absolute Gasteiger partial charge is 0.495 e. The van der Waals surface area contributed by atoms with Crippen LogP contribution in [0.15, 0.2) is 36.4 Å². The molecule has 7 heteroatoms. The summed E-state index contributed by atoms with van der Waals surface area (Å²) in [7, 11) is 3.32. The molecule has 0 aliphatic carbocycles. The van der Waals surface area contributed by atoms with Gasteiger partial charge in [0.1, 0.15) is 11.4 Å². The summed E-state index contributed by atoms with van der Waals surface area (Å²) in [5.74, 6) is 3.95. The summed E-state index contributed by atoms with van der Waals surface area (Å²) in [5.41, 5.74) is 5.53. The summed E-state index contributed by atoms with van der Waals surface area (Å²) < 4.78 is 5.08. The third-order valence-electron chi connectivity index (χ3n) is 3.15. The Labute approximate surface area is 133 Å². The lowest BCUT2D eigenvalue weighted by Crippen LogP contribution is -2.56. The lowest BCUT2D eigenvalue weighted by molar-refractivity contribution is -0.325. The zero-order valence-electron chi connectivity index (χ0n) is 12.4. The van der Waals surface area contributed by atoms with E-state index in [2.05, 4.69) is 21.9 Å². The van der Waals surface area contributed by atoms with Gasteiger partial charge in [0.2, 0.25) is 0 Å². The molecule has 6 N–H and O–H groups in total. The molecule has 22 heavy (non-hydrogen) atoms. The molecule has 0 aliphatic heterocycles. The Morgan fingerprint density at radius 1 is 1.18 bits per heavy atom. The number of ether oxygens (including phenoxy) is 1. The van der Waals surface area contributed by atoms with E-state index in [0.717, 1.165) is 11.4 Å². The zero-order valence-corrected chi connectivity index (χ0v) is 13.1. The van der Waals surface area contributed by atoms with Crippen molar-refractivity contribution in [2.75, 3.05) is 30.2 Å². The van der Waals surface area contributed by atoms with Crippen LogP contribution in [0.4, 0.5) is 17.1 Å². The maximum Gasteiger partial charge on any atom is 0.255 e. The van der Waals surface area contributed by atoms with Crippen molar-refractivity contribution < 1.29 is 15.4 Å². The molecule has 0 saturated heterocycles. The van der Waals surface area contributed by atoms with Crippen LogP contribution in [0.5, 0.6) is 5.75 Å². The second kappa shape index (κ2) is 7.02. The first-order valence-electron chi connectivity index (χ1n) is 6.59. The number of benzene rings is 2. The molecule has 0 atom stereocenters. The number of methoxy groups -OCH3 is 1. The Balaban J connectivity index is 2.20. The highest BCUT2D eigenvalue weighted by atomic mass is 35.5. The van der Waals surface area contributed by atoms with Crippen LogP contribution in [0.2, 0.25) is 5.02 Å². The molecule has 0 unspecified atom stereocenters. The van der Waals surface area contributed by atoms with Gasteiger partial charge in [0.15, 0.2) is 0 Å². The number of anilines is 3. The highest BCUT2D eigenvalue weighted by Gasteiger charge is 2.11. The lowest BCUT2D eigenvalue weighted by atomic mass is 10.1. The van der Waals surface area contributed by atoms with Gasteiger partial charge < -0.3 is 15.4 Å². The molecule has 6 nitrogen and oxygen atoms in total. The number of amides is 1. The van der Waals surface area contributed by atoms with Crippen LogP contribution in [0, 0.1) is 0 Å². The number of rotatable bonds is 5. The molecule has 0 spiro atoms. The van der Waals surface area contributed by atoms with Gasteiger partial charge in [0, 0.05) is 18.3 Å². The number of carbonyl (C=O) groups excluding carboxylic acids is 1. The van der Waals surface area contributed by atoms with E-state index in [1.54, 1.807) is 43.4 Å². The quantitative estimate of drug-likeness (QED) is 0.636. The first-order chi connectivity index (χ1) is 10.6. The second-order valence-electron chi connectivity index (χ2n) is 4.49. The third kappa shape index (κ3) is 3.41. The smallest absolute Gasteiger partial charge is 0.255 e. The molecule has 0 radical (unpaired) electrons. The fourth-order valence-corrected chi connectivity index (χ4v) is 2.25. The Bertz CT molecular complexity index is 691. The van der Waals surface area contributed by atoms with Gasteiger partial charge in [-0.1, -0.05) is 11.6 Å². The van der Waals surface area contributed by atoms with Gasteiger partial charge in [-0.25, -0.2) is 5.43 Å². The van der Waals surface area contributed by atoms with Crippen LogP contribution >= 0.6 is 11.6 Å². The van der Waals surface area contributed by atoms with Gasteiger partial charge in [-0.2, -0.15) is 0 Å². The monoisotopic (exact) mass is 321 g/mol. The third-order valence-corrected chi connectivity index (χ3v) is 3.45. The normalized spacial score (nSPS) is 10.0. The number of halogens is 1. The van der Waals surface area contributed by atoms with Crippen molar-refractivity contribution >= 4 is 34.6 Å². The predicted octanol–water partition coefficient (Wildman–Crippen LogP) is 2.21. The number of carbonyl (C=O) groups is 1. The Morgan fingerprint density at radius 2 is 1.95 bits per heavy atom. The van der Waals surface area contributed by atoms with Crippen LogP contribution in [0.3, 0.4) is 0 Å². The average molecular weight is 322 g/mol. The molecule has 0 heterocycles. The summed E-state index contributed by atoms with van der Waals surface area (Å²) in [5, 5.41) is 6.24. The Kier molecular flexibility index (Phi) is 5.08. The van der Waals surface area contributed by atoms with Gasteiger partial charge in [0.25, 0.3) is 5.91 Å². The molecule has 2 rings (SSSR count). The van der Waals surface area contributed by atoms with E-state index < -0.39 is 0 Å². The van der Waals surface area contributed by atoms with Crippen LogP contribution in [0.1, 0.15) is 10.4 Å². The summed E-state index contributed by atoms with van der Waals surface area (Å²) in [6.45, 7) is 0. The summed E-state index contributed by atoms with van der Waals surface area (Å²) in [6, 6.07) is 10.3. The van der Waals surface area contributed by atoms with Gasteiger partial charge in [-0.3, -0.25) is 10.6 Å². The minimum atomic E-state index is -0.228. The molecular weight excluding hydrogens is 304 g/mol. The van der Waals surface area contributed by atoms with E-state index in [-0.39, 0.29) is 5.91 Å². The highest BCUT2D eigenvalue weighted by Crippen LogP contribution is 2.28. The first-order valence-corrected chi connectivity index (χ1v) is 6.96. The van der Waals surface area contributed by atoms with E-state index in [1.165, 1.54) is 7.11 Å². The minimum absolute atomic E-state index is 0.228. The van der Waals surface area contributed by atoms with Gasteiger partial charge in [-0.15, -0.1) is 0 Å². The van der Waals surface area contributed by atoms with E-state index in [9.17, 15) is 4.79 Å². The molecule has 0 fully saturated rings.